The van der Waals surface area contributed by atoms with Crippen LogP contribution in [0.3, 0.4) is 0 Å². The van der Waals surface area contributed by atoms with Gasteiger partial charge < -0.3 is 10.1 Å². The van der Waals surface area contributed by atoms with E-state index in [2.05, 4.69) is 21.9 Å². The maximum Gasteiger partial charge on any atom is 0.246 e. The monoisotopic (exact) mass is 293 g/mol. The van der Waals surface area contributed by atoms with Crippen LogP contribution in [0.5, 0.6) is 0 Å². The van der Waals surface area contributed by atoms with Crippen LogP contribution < -0.4 is 5.32 Å². The van der Waals surface area contributed by atoms with Crippen molar-refractivity contribution in [3.05, 3.63) is 39.8 Å². The van der Waals surface area contributed by atoms with Gasteiger partial charge in [-0.1, -0.05) is 0 Å². The third-order valence-electron chi connectivity index (χ3n) is 3.04. The maximum atomic E-state index is 11.6. The lowest BCUT2D eigenvalue weighted by molar-refractivity contribution is -0.124. The average Bonchev–Trinajstić information content (AvgIpc) is 3.01. The average molecular weight is 293 g/mol. The smallest absolute Gasteiger partial charge is 0.246 e. The molecule has 0 saturated heterocycles. The Balaban J connectivity index is 2.18. The highest BCUT2D eigenvalue weighted by atomic mass is 32.1. The van der Waals surface area contributed by atoms with E-state index in [1.165, 1.54) is 7.11 Å². The van der Waals surface area contributed by atoms with E-state index >= 15 is 0 Å². The zero-order chi connectivity index (χ0) is 14.5. The predicted molar refractivity (Wildman–Crippen MR) is 79.0 cm³/mol. The Morgan fingerprint density at radius 2 is 2.35 bits per heavy atom. The third kappa shape index (κ3) is 3.46. The standard InChI is InChI=1S/C14H19N3O2S/c1-10-6-11(2)17(16-10)13(12-4-5-20-9-12)7-15-14(18)8-19-3/h4-6,9,13H,7-8H2,1-3H3,(H,15,18)/t13-/m0/s1. The van der Waals surface area contributed by atoms with Crippen molar-refractivity contribution in [2.45, 2.75) is 19.9 Å². The molecule has 5 nitrogen and oxygen atoms in total. The van der Waals surface area contributed by atoms with Crippen molar-refractivity contribution in [1.82, 2.24) is 15.1 Å². The number of amides is 1. The van der Waals surface area contributed by atoms with E-state index in [0.717, 1.165) is 17.0 Å². The van der Waals surface area contributed by atoms with Crippen molar-refractivity contribution in [3.63, 3.8) is 0 Å². The number of nitrogens with zero attached hydrogens (tertiary/aromatic N) is 2. The Bertz CT molecular complexity index is 563. The van der Waals surface area contributed by atoms with Crippen LogP contribution in [0.25, 0.3) is 0 Å². The highest BCUT2D eigenvalue weighted by molar-refractivity contribution is 7.07. The number of aryl methyl sites for hydroxylation is 2. The summed E-state index contributed by atoms with van der Waals surface area (Å²) in [6.07, 6.45) is 0. The number of hydrogen-bond donors (Lipinski definition) is 1. The second-order valence-electron chi connectivity index (χ2n) is 4.68. The molecule has 1 N–H and O–H groups in total. The van der Waals surface area contributed by atoms with E-state index in [0.29, 0.717) is 6.54 Å². The molecular formula is C14H19N3O2S. The van der Waals surface area contributed by atoms with Crippen molar-refractivity contribution in [1.29, 1.82) is 0 Å². The van der Waals surface area contributed by atoms with Crippen LogP contribution >= 0.6 is 11.3 Å². The number of aromatic nitrogens is 2. The van der Waals surface area contributed by atoms with Crippen molar-refractivity contribution in [2.75, 3.05) is 20.3 Å². The van der Waals surface area contributed by atoms with Gasteiger partial charge in [-0.2, -0.15) is 16.4 Å². The Hall–Kier alpha value is -1.66. The summed E-state index contributed by atoms with van der Waals surface area (Å²) in [7, 11) is 1.51. The van der Waals surface area contributed by atoms with E-state index < -0.39 is 0 Å². The van der Waals surface area contributed by atoms with Gasteiger partial charge in [0.1, 0.15) is 6.61 Å². The minimum absolute atomic E-state index is 0.00996. The summed E-state index contributed by atoms with van der Waals surface area (Å²) in [6, 6.07) is 4.11. The van der Waals surface area contributed by atoms with Crippen LogP contribution in [0.15, 0.2) is 22.9 Å². The second-order valence-corrected chi connectivity index (χ2v) is 5.46. The van der Waals surface area contributed by atoms with Gasteiger partial charge in [-0.15, -0.1) is 0 Å². The van der Waals surface area contributed by atoms with Crippen LogP contribution in [0, 0.1) is 13.8 Å². The summed E-state index contributed by atoms with van der Waals surface area (Å²) in [5.74, 6) is -0.116. The molecule has 0 aliphatic heterocycles. The van der Waals surface area contributed by atoms with Gasteiger partial charge in [0.15, 0.2) is 0 Å². The number of rotatable bonds is 6. The molecule has 0 saturated carbocycles. The van der Waals surface area contributed by atoms with E-state index in [9.17, 15) is 4.79 Å². The third-order valence-corrected chi connectivity index (χ3v) is 3.74. The summed E-state index contributed by atoms with van der Waals surface area (Å²) in [5, 5.41) is 11.5. The molecule has 0 fully saturated rings. The minimum Gasteiger partial charge on any atom is -0.375 e. The van der Waals surface area contributed by atoms with Crippen molar-refractivity contribution < 1.29 is 9.53 Å². The van der Waals surface area contributed by atoms with Crippen molar-refractivity contribution in [2.24, 2.45) is 0 Å². The molecule has 1 amide bonds. The first kappa shape index (κ1) is 14.7. The molecule has 0 radical (unpaired) electrons. The first-order chi connectivity index (χ1) is 9.61. The second kappa shape index (κ2) is 6.67. The molecule has 2 aromatic heterocycles. The fraction of sp³-hybridized carbons (Fsp3) is 0.429. The molecule has 0 spiro atoms. The molecule has 2 rings (SSSR count). The molecular weight excluding hydrogens is 274 g/mol. The van der Waals surface area contributed by atoms with E-state index in [1.807, 2.05) is 30.0 Å². The fourth-order valence-electron chi connectivity index (χ4n) is 2.16. The SMILES string of the molecule is COCC(=O)NC[C@@H](c1ccsc1)n1nc(C)cc1C. The number of methoxy groups -OCH3 is 1. The number of thiophene rings is 1. The molecule has 20 heavy (non-hydrogen) atoms. The van der Waals surface area contributed by atoms with Gasteiger partial charge in [0.2, 0.25) is 5.91 Å². The Labute approximate surface area is 122 Å². The van der Waals surface area contributed by atoms with Crippen LogP contribution in [-0.2, 0) is 9.53 Å². The number of hydrogen-bond acceptors (Lipinski definition) is 4. The highest BCUT2D eigenvalue weighted by Crippen LogP contribution is 2.22. The van der Waals surface area contributed by atoms with Gasteiger partial charge >= 0.3 is 0 Å². The summed E-state index contributed by atoms with van der Waals surface area (Å²) in [6.45, 7) is 4.57. The van der Waals surface area contributed by atoms with Gasteiger partial charge in [0.25, 0.3) is 0 Å². The van der Waals surface area contributed by atoms with Crippen molar-refractivity contribution in [3.8, 4) is 0 Å². The Morgan fingerprint density at radius 1 is 1.55 bits per heavy atom. The summed E-state index contributed by atoms with van der Waals surface area (Å²) in [5.41, 5.74) is 3.21. The quantitative estimate of drug-likeness (QED) is 0.885. The van der Waals surface area contributed by atoms with Gasteiger partial charge in [-0.25, -0.2) is 0 Å². The van der Waals surface area contributed by atoms with Crippen LogP contribution in [0.1, 0.15) is 23.0 Å². The zero-order valence-corrected chi connectivity index (χ0v) is 12.7. The number of carbonyl (C=O) groups is 1. The predicted octanol–water partition coefficient (Wildman–Crippen LogP) is 1.91. The van der Waals surface area contributed by atoms with Crippen LogP contribution in [0.4, 0.5) is 0 Å². The van der Waals surface area contributed by atoms with Gasteiger partial charge in [-0.3, -0.25) is 9.48 Å². The van der Waals surface area contributed by atoms with Crippen molar-refractivity contribution >= 4 is 17.2 Å². The molecule has 1 atom stereocenters. The summed E-state index contributed by atoms with van der Waals surface area (Å²) < 4.78 is 6.79. The number of ether oxygens (including phenoxy) is 1. The van der Waals surface area contributed by atoms with E-state index in [4.69, 9.17) is 4.74 Å². The Kier molecular flexibility index (Phi) is 4.92. The molecule has 0 unspecified atom stereocenters. The number of carbonyl (C=O) groups excluding carboxylic acids is 1. The Morgan fingerprint density at radius 3 is 2.90 bits per heavy atom. The normalized spacial score (nSPS) is 12.3. The van der Waals surface area contributed by atoms with Gasteiger partial charge in [0.05, 0.1) is 11.7 Å². The maximum absolute atomic E-state index is 11.6. The lowest BCUT2D eigenvalue weighted by Gasteiger charge is -2.19. The number of nitrogens with one attached hydrogen (secondary N) is 1. The lowest BCUT2D eigenvalue weighted by atomic mass is 10.1. The van der Waals surface area contributed by atoms with Crippen LogP contribution in [0.2, 0.25) is 0 Å². The van der Waals surface area contributed by atoms with Gasteiger partial charge in [0, 0.05) is 19.3 Å². The van der Waals surface area contributed by atoms with E-state index in [1.54, 1.807) is 11.3 Å². The first-order valence-electron chi connectivity index (χ1n) is 6.42. The summed E-state index contributed by atoms with van der Waals surface area (Å²) in [4.78, 5) is 11.6. The molecule has 2 aromatic rings. The molecule has 6 heteroatoms. The first-order valence-corrected chi connectivity index (χ1v) is 7.36. The molecule has 0 bridgehead atoms. The minimum atomic E-state index is -0.116. The molecule has 108 valence electrons. The zero-order valence-electron chi connectivity index (χ0n) is 11.9. The molecule has 0 aliphatic carbocycles. The van der Waals surface area contributed by atoms with Gasteiger partial charge in [-0.05, 0) is 42.3 Å². The molecule has 0 aromatic carbocycles. The lowest BCUT2D eigenvalue weighted by Crippen LogP contribution is -2.34. The molecule has 0 aliphatic rings. The summed E-state index contributed by atoms with van der Waals surface area (Å²) >= 11 is 1.64. The highest BCUT2D eigenvalue weighted by Gasteiger charge is 2.18. The fourth-order valence-corrected chi connectivity index (χ4v) is 2.87. The topological polar surface area (TPSA) is 56.1 Å². The van der Waals surface area contributed by atoms with Crippen LogP contribution in [-0.4, -0.2) is 35.9 Å². The molecule has 2 heterocycles. The van der Waals surface area contributed by atoms with E-state index in [-0.39, 0.29) is 18.6 Å². The largest absolute Gasteiger partial charge is 0.375 e.